The number of hydrogen-bond acceptors (Lipinski definition) is 4. The van der Waals surface area contributed by atoms with Gasteiger partial charge in [0.15, 0.2) is 0 Å². The maximum absolute atomic E-state index is 11.5. The first-order chi connectivity index (χ1) is 11.8. The monoisotopic (exact) mass is 377 g/mol. The third-order valence-electron chi connectivity index (χ3n) is 4.49. The smallest absolute Gasteiger partial charge is 0.343 e. The van der Waals surface area contributed by atoms with Crippen LogP contribution >= 0.6 is 23.7 Å². The lowest BCUT2D eigenvalue weighted by Gasteiger charge is -2.22. The zero-order valence-corrected chi connectivity index (χ0v) is 15.3. The predicted octanol–water partition coefficient (Wildman–Crippen LogP) is 3.66. The molecule has 3 aromatic rings. The molecule has 0 radical (unpaired) electrons. The van der Waals surface area contributed by atoms with E-state index >= 15 is 0 Å². The molecule has 0 aliphatic carbocycles. The Morgan fingerprint density at radius 3 is 2.60 bits per heavy atom. The molecule has 1 aliphatic rings. The molecule has 0 bridgehead atoms. The van der Waals surface area contributed by atoms with E-state index in [0.29, 0.717) is 12.5 Å². The van der Waals surface area contributed by atoms with Crippen LogP contribution < -0.4 is 5.69 Å². The fourth-order valence-corrected chi connectivity index (χ4v) is 4.13. The summed E-state index contributed by atoms with van der Waals surface area (Å²) < 4.78 is 7.01. The molecule has 1 N–H and O–H groups in total. The maximum atomic E-state index is 11.5. The number of aromatic amines is 1. The second kappa shape index (κ2) is 7.99. The van der Waals surface area contributed by atoms with E-state index in [1.807, 2.05) is 0 Å². The minimum Gasteiger partial charge on any atom is -0.381 e. The van der Waals surface area contributed by atoms with Crippen molar-refractivity contribution in [3.63, 3.8) is 0 Å². The van der Waals surface area contributed by atoms with E-state index in [1.165, 1.54) is 22.3 Å². The van der Waals surface area contributed by atoms with Crippen molar-refractivity contribution >= 4 is 23.7 Å². The van der Waals surface area contributed by atoms with Crippen molar-refractivity contribution in [3.8, 4) is 10.4 Å². The van der Waals surface area contributed by atoms with E-state index in [-0.39, 0.29) is 18.1 Å². The van der Waals surface area contributed by atoms with Crippen molar-refractivity contribution in [1.29, 1.82) is 0 Å². The molecule has 0 saturated carbocycles. The summed E-state index contributed by atoms with van der Waals surface area (Å²) in [7, 11) is 0. The number of nitrogens with zero attached hydrogens (tertiary/aromatic N) is 2. The molecule has 2 aromatic heterocycles. The minimum atomic E-state index is -0.175. The number of thiophene rings is 1. The summed E-state index contributed by atoms with van der Waals surface area (Å²) in [4.78, 5) is 13.9. The Morgan fingerprint density at radius 2 is 1.92 bits per heavy atom. The van der Waals surface area contributed by atoms with Gasteiger partial charge in [-0.3, -0.25) is 4.57 Å². The lowest BCUT2D eigenvalue weighted by atomic mass is 9.91. The number of nitrogens with one attached hydrogen (secondary N) is 1. The highest BCUT2D eigenvalue weighted by atomic mass is 35.5. The Morgan fingerprint density at radius 1 is 1.16 bits per heavy atom. The first-order valence-electron chi connectivity index (χ1n) is 8.16. The fraction of sp³-hybridized carbons (Fsp3) is 0.333. The van der Waals surface area contributed by atoms with Crippen LogP contribution in [0, 0.1) is 0 Å². The molecule has 0 atom stereocenters. The predicted molar refractivity (Wildman–Crippen MR) is 102 cm³/mol. The van der Waals surface area contributed by atoms with Crippen molar-refractivity contribution in [2.24, 2.45) is 0 Å². The van der Waals surface area contributed by atoms with E-state index in [4.69, 9.17) is 4.74 Å². The molecule has 5 nitrogen and oxygen atoms in total. The zero-order valence-electron chi connectivity index (χ0n) is 13.7. The van der Waals surface area contributed by atoms with Gasteiger partial charge in [-0.15, -0.1) is 23.7 Å². The molecular formula is C18H20ClN3O2S. The number of H-pyrrole nitrogens is 1. The molecule has 0 amide bonds. The molecule has 0 spiro atoms. The second-order valence-corrected chi connectivity index (χ2v) is 7.23. The molecule has 4 rings (SSSR count). The van der Waals surface area contributed by atoms with E-state index in [2.05, 4.69) is 46.6 Å². The molecule has 1 aromatic carbocycles. The standard InChI is InChI=1S/C18H19N3O2S.ClH/c22-18-20-19-12-21(18)11-16-5-6-17(24-16)15-3-1-13(2-4-15)14-7-9-23-10-8-14;/h1-6,12,14H,7-11H2,(H,20,22);1H. The van der Waals surface area contributed by atoms with Gasteiger partial charge in [0.05, 0.1) is 6.54 Å². The van der Waals surface area contributed by atoms with Crippen LogP contribution in [-0.4, -0.2) is 28.0 Å². The summed E-state index contributed by atoms with van der Waals surface area (Å²) in [5.74, 6) is 0.625. The van der Waals surface area contributed by atoms with Gasteiger partial charge in [0.1, 0.15) is 6.33 Å². The second-order valence-electron chi connectivity index (χ2n) is 6.06. The van der Waals surface area contributed by atoms with Gasteiger partial charge >= 0.3 is 5.69 Å². The lowest BCUT2D eigenvalue weighted by molar-refractivity contribution is 0.0853. The normalized spacial score (nSPS) is 15.0. The third kappa shape index (κ3) is 4.03. The number of ether oxygens (including phenoxy) is 1. The van der Waals surface area contributed by atoms with E-state index in [1.54, 1.807) is 15.9 Å². The summed E-state index contributed by atoms with van der Waals surface area (Å²) in [6, 6.07) is 13.1. The highest BCUT2D eigenvalue weighted by Gasteiger charge is 2.15. The molecule has 7 heteroatoms. The van der Waals surface area contributed by atoms with Gasteiger partial charge in [0, 0.05) is 23.0 Å². The highest BCUT2D eigenvalue weighted by Crippen LogP contribution is 2.32. The topological polar surface area (TPSA) is 59.9 Å². The average Bonchev–Trinajstić information content (AvgIpc) is 3.26. The van der Waals surface area contributed by atoms with Gasteiger partial charge in [0.25, 0.3) is 0 Å². The Bertz CT molecular complexity index is 863. The van der Waals surface area contributed by atoms with Crippen LogP contribution in [0.2, 0.25) is 0 Å². The number of halogens is 1. The molecule has 0 unspecified atom stereocenters. The van der Waals surface area contributed by atoms with E-state index in [0.717, 1.165) is 30.9 Å². The van der Waals surface area contributed by atoms with Gasteiger partial charge < -0.3 is 4.74 Å². The highest BCUT2D eigenvalue weighted by molar-refractivity contribution is 7.15. The maximum Gasteiger partial charge on any atom is 0.343 e. The molecule has 1 fully saturated rings. The Balaban J connectivity index is 0.00000182. The quantitative estimate of drug-likeness (QED) is 0.754. The average molecular weight is 378 g/mol. The largest absolute Gasteiger partial charge is 0.381 e. The van der Waals surface area contributed by atoms with Crippen molar-refractivity contribution in [2.45, 2.75) is 25.3 Å². The Kier molecular flexibility index (Phi) is 5.73. The van der Waals surface area contributed by atoms with Crippen molar-refractivity contribution in [2.75, 3.05) is 13.2 Å². The molecule has 25 heavy (non-hydrogen) atoms. The third-order valence-corrected chi connectivity index (χ3v) is 5.61. The minimum absolute atomic E-state index is 0. The SMILES string of the molecule is Cl.O=c1[nH]ncn1Cc1ccc(-c2ccc(C3CCOCC3)cc2)s1. The number of benzene rings is 1. The van der Waals surface area contributed by atoms with Gasteiger partial charge in [-0.1, -0.05) is 24.3 Å². The Labute approximate surface area is 156 Å². The van der Waals surface area contributed by atoms with Crippen LogP contribution in [0.4, 0.5) is 0 Å². The van der Waals surface area contributed by atoms with Gasteiger partial charge in [-0.05, 0) is 42.0 Å². The first kappa shape index (κ1) is 17.9. The molecule has 1 aliphatic heterocycles. The summed E-state index contributed by atoms with van der Waals surface area (Å²) in [5, 5.41) is 6.18. The number of aromatic nitrogens is 3. The lowest BCUT2D eigenvalue weighted by Crippen LogP contribution is -2.16. The van der Waals surface area contributed by atoms with Crippen LogP contribution in [0.15, 0.2) is 47.5 Å². The summed E-state index contributed by atoms with van der Waals surface area (Å²) in [5.41, 5.74) is 2.45. The molecular weight excluding hydrogens is 358 g/mol. The van der Waals surface area contributed by atoms with Crippen LogP contribution in [0.1, 0.15) is 29.2 Å². The molecule has 132 valence electrons. The zero-order chi connectivity index (χ0) is 16.4. The summed E-state index contributed by atoms with van der Waals surface area (Å²) >= 11 is 1.71. The van der Waals surface area contributed by atoms with Gasteiger partial charge in [0.2, 0.25) is 0 Å². The van der Waals surface area contributed by atoms with Crippen LogP contribution in [-0.2, 0) is 11.3 Å². The number of hydrogen-bond donors (Lipinski definition) is 1. The van der Waals surface area contributed by atoms with Gasteiger partial charge in [-0.2, -0.15) is 5.10 Å². The first-order valence-corrected chi connectivity index (χ1v) is 8.98. The van der Waals surface area contributed by atoms with Crippen LogP contribution in [0.5, 0.6) is 0 Å². The van der Waals surface area contributed by atoms with E-state index in [9.17, 15) is 4.79 Å². The van der Waals surface area contributed by atoms with Crippen LogP contribution in [0.25, 0.3) is 10.4 Å². The molecule has 1 saturated heterocycles. The molecule has 3 heterocycles. The van der Waals surface area contributed by atoms with Gasteiger partial charge in [-0.25, -0.2) is 9.89 Å². The van der Waals surface area contributed by atoms with Crippen LogP contribution in [0.3, 0.4) is 0 Å². The van der Waals surface area contributed by atoms with Crippen molar-refractivity contribution in [1.82, 2.24) is 14.8 Å². The van der Waals surface area contributed by atoms with Crippen molar-refractivity contribution < 1.29 is 4.74 Å². The summed E-state index contributed by atoms with van der Waals surface area (Å²) in [6.45, 7) is 2.29. The van der Waals surface area contributed by atoms with Crippen molar-refractivity contribution in [3.05, 3.63) is 63.7 Å². The summed E-state index contributed by atoms with van der Waals surface area (Å²) in [6.07, 6.45) is 3.76. The van der Waals surface area contributed by atoms with E-state index < -0.39 is 0 Å². The fourth-order valence-electron chi connectivity index (χ4n) is 3.12. The number of rotatable bonds is 4. The Hall–Kier alpha value is -1.89.